The first-order valence-electron chi connectivity index (χ1n) is 10.6. The molecule has 0 fully saturated rings. The standard InChI is InChI=1S/C24H36N2O5/c1-8-15-24(5,30-7)21(25-22(28)31-23(2,3)4)19-13-14-20(27)26(19)16-17-9-11-18(29-6)12-10-17/h9-14,21,27H,8,15-16H2,1-7H3,(H,25,28)/t21-,24+/m1/s1. The summed E-state index contributed by atoms with van der Waals surface area (Å²) < 4.78 is 18.4. The molecule has 2 atom stereocenters. The molecule has 7 heteroatoms. The van der Waals surface area contributed by atoms with Crippen LogP contribution in [0, 0.1) is 0 Å². The number of nitrogens with zero attached hydrogens (tertiary/aromatic N) is 1. The van der Waals surface area contributed by atoms with E-state index in [2.05, 4.69) is 12.2 Å². The lowest BCUT2D eigenvalue weighted by Gasteiger charge is -2.38. The third-order valence-electron chi connectivity index (χ3n) is 5.27. The number of carbonyl (C=O) groups excluding carboxylic acids is 1. The first kappa shape index (κ1) is 24.6. The van der Waals surface area contributed by atoms with Crippen molar-refractivity contribution in [2.75, 3.05) is 14.2 Å². The minimum atomic E-state index is -0.700. The quantitative estimate of drug-likeness (QED) is 0.581. The van der Waals surface area contributed by atoms with E-state index in [4.69, 9.17) is 14.2 Å². The Morgan fingerprint density at radius 3 is 2.26 bits per heavy atom. The number of rotatable bonds is 9. The van der Waals surface area contributed by atoms with Crippen LogP contribution in [0.25, 0.3) is 0 Å². The van der Waals surface area contributed by atoms with Crippen LogP contribution in [0.2, 0.25) is 0 Å². The van der Waals surface area contributed by atoms with Gasteiger partial charge in [0.15, 0.2) is 5.88 Å². The summed E-state index contributed by atoms with van der Waals surface area (Å²) in [6.45, 7) is 9.91. The van der Waals surface area contributed by atoms with Crippen molar-refractivity contribution in [3.63, 3.8) is 0 Å². The van der Waals surface area contributed by atoms with Crippen molar-refractivity contribution in [1.29, 1.82) is 0 Å². The van der Waals surface area contributed by atoms with Gasteiger partial charge < -0.3 is 29.2 Å². The van der Waals surface area contributed by atoms with E-state index in [0.717, 1.165) is 23.4 Å². The first-order chi connectivity index (χ1) is 14.5. The summed E-state index contributed by atoms with van der Waals surface area (Å²) in [5.41, 5.74) is 0.389. The van der Waals surface area contributed by atoms with E-state index in [-0.39, 0.29) is 5.88 Å². The second-order valence-corrected chi connectivity index (χ2v) is 8.90. The number of hydrogen-bond donors (Lipinski definition) is 2. The second kappa shape index (κ2) is 10.1. The molecule has 0 saturated heterocycles. The Labute approximate surface area is 185 Å². The Hall–Kier alpha value is -2.67. The molecule has 0 aliphatic rings. The van der Waals surface area contributed by atoms with Crippen molar-refractivity contribution in [1.82, 2.24) is 9.88 Å². The molecule has 2 rings (SSSR count). The Morgan fingerprint density at radius 1 is 1.10 bits per heavy atom. The molecule has 1 aromatic carbocycles. The molecule has 1 amide bonds. The van der Waals surface area contributed by atoms with Crippen LogP contribution in [0.5, 0.6) is 11.6 Å². The molecule has 0 saturated carbocycles. The van der Waals surface area contributed by atoms with E-state index in [0.29, 0.717) is 13.0 Å². The Balaban J connectivity index is 2.44. The van der Waals surface area contributed by atoms with Crippen LogP contribution in [-0.4, -0.2) is 41.2 Å². The molecule has 7 nitrogen and oxygen atoms in total. The lowest BCUT2D eigenvalue weighted by molar-refractivity contribution is -0.0393. The van der Waals surface area contributed by atoms with Gasteiger partial charge in [0.2, 0.25) is 0 Å². The van der Waals surface area contributed by atoms with E-state index in [1.807, 2.05) is 58.0 Å². The Kier molecular flexibility index (Phi) is 8.01. The maximum Gasteiger partial charge on any atom is 0.408 e. The van der Waals surface area contributed by atoms with Crippen LogP contribution in [-0.2, 0) is 16.0 Å². The predicted molar refractivity (Wildman–Crippen MR) is 121 cm³/mol. The molecule has 1 aromatic heterocycles. The van der Waals surface area contributed by atoms with Crippen molar-refractivity contribution >= 4 is 6.09 Å². The lowest BCUT2D eigenvalue weighted by atomic mass is 9.88. The molecule has 0 radical (unpaired) electrons. The summed E-state index contributed by atoms with van der Waals surface area (Å²) in [6.07, 6.45) is 1.04. The van der Waals surface area contributed by atoms with Crippen LogP contribution >= 0.6 is 0 Å². The number of aromatic nitrogens is 1. The fourth-order valence-electron chi connectivity index (χ4n) is 3.64. The number of alkyl carbamates (subject to hydrolysis) is 1. The molecule has 0 aliphatic carbocycles. The van der Waals surface area contributed by atoms with Crippen molar-refractivity contribution < 1.29 is 24.1 Å². The van der Waals surface area contributed by atoms with Gasteiger partial charge in [0.05, 0.1) is 19.3 Å². The van der Waals surface area contributed by atoms with Crippen LogP contribution in [0.4, 0.5) is 4.79 Å². The number of nitrogens with one attached hydrogen (secondary N) is 1. The SMILES string of the molecule is CCC[C@](C)(OC)[C@H](NC(=O)OC(C)(C)C)c1ccc(O)n1Cc1ccc(OC)cc1. The molecular weight excluding hydrogens is 396 g/mol. The van der Waals surface area contributed by atoms with Gasteiger partial charge in [-0.2, -0.15) is 0 Å². The number of ether oxygens (including phenoxy) is 3. The number of aromatic hydroxyl groups is 1. The van der Waals surface area contributed by atoms with E-state index in [1.165, 1.54) is 0 Å². The van der Waals surface area contributed by atoms with Crippen molar-refractivity contribution in [2.24, 2.45) is 0 Å². The molecule has 2 aromatic rings. The largest absolute Gasteiger partial charge is 0.497 e. The van der Waals surface area contributed by atoms with Crippen LogP contribution < -0.4 is 10.1 Å². The molecule has 0 bridgehead atoms. The van der Waals surface area contributed by atoms with Gasteiger partial charge in [0.25, 0.3) is 0 Å². The molecule has 0 spiro atoms. The Morgan fingerprint density at radius 2 is 1.74 bits per heavy atom. The van der Waals surface area contributed by atoms with Gasteiger partial charge in [0, 0.05) is 18.9 Å². The van der Waals surface area contributed by atoms with E-state index in [9.17, 15) is 9.90 Å². The highest BCUT2D eigenvalue weighted by atomic mass is 16.6. The van der Waals surface area contributed by atoms with E-state index < -0.39 is 23.3 Å². The second-order valence-electron chi connectivity index (χ2n) is 8.90. The minimum absolute atomic E-state index is 0.108. The average Bonchev–Trinajstić information content (AvgIpc) is 3.05. The summed E-state index contributed by atoms with van der Waals surface area (Å²) >= 11 is 0. The van der Waals surface area contributed by atoms with Crippen molar-refractivity contribution in [3.8, 4) is 11.6 Å². The van der Waals surface area contributed by atoms with Gasteiger partial charge in [-0.3, -0.25) is 0 Å². The Bertz CT molecular complexity index is 854. The fraction of sp³-hybridized carbons (Fsp3) is 0.542. The molecule has 31 heavy (non-hydrogen) atoms. The molecular formula is C24H36N2O5. The number of benzene rings is 1. The highest BCUT2D eigenvalue weighted by molar-refractivity contribution is 5.68. The van der Waals surface area contributed by atoms with Crippen molar-refractivity contribution in [2.45, 2.75) is 71.2 Å². The molecule has 2 N–H and O–H groups in total. The van der Waals surface area contributed by atoms with Gasteiger partial charge in [0.1, 0.15) is 17.4 Å². The molecule has 1 heterocycles. The van der Waals surface area contributed by atoms with E-state index >= 15 is 0 Å². The topological polar surface area (TPSA) is 82.0 Å². The van der Waals surface area contributed by atoms with Crippen LogP contribution in [0.3, 0.4) is 0 Å². The van der Waals surface area contributed by atoms with Gasteiger partial charge in [-0.1, -0.05) is 25.5 Å². The minimum Gasteiger partial charge on any atom is -0.497 e. The third-order valence-corrected chi connectivity index (χ3v) is 5.27. The zero-order valence-corrected chi connectivity index (χ0v) is 19.7. The summed E-state index contributed by atoms with van der Waals surface area (Å²) in [7, 11) is 3.26. The fourth-order valence-corrected chi connectivity index (χ4v) is 3.64. The average molecular weight is 433 g/mol. The number of carbonyl (C=O) groups is 1. The van der Waals surface area contributed by atoms with Crippen LogP contribution in [0.1, 0.15) is 64.8 Å². The van der Waals surface area contributed by atoms with Crippen LogP contribution in [0.15, 0.2) is 36.4 Å². The van der Waals surface area contributed by atoms with Gasteiger partial charge >= 0.3 is 6.09 Å². The maximum atomic E-state index is 12.7. The summed E-state index contributed by atoms with van der Waals surface area (Å²) in [5, 5.41) is 13.6. The number of hydrogen-bond acceptors (Lipinski definition) is 5. The van der Waals surface area contributed by atoms with Gasteiger partial charge in [-0.05, 0) is 57.9 Å². The summed E-state index contributed by atoms with van der Waals surface area (Å²) in [4.78, 5) is 12.7. The van der Waals surface area contributed by atoms with E-state index in [1.54, 1.807) is 24.9 Å². The molecule has 0 aliphatic heterocycles. The smallest absolute Gasteiger partial charge is 0.408 e. The summed E-state index contributed by atoms with van der Waals surface area (Å²) in [5.74, 6) is 0.872. The monoisotopic (exact) mass is 432 g/mol. The van der Waals surface area contributed by atoms with Gasteiger partial charge in [-0.25, -0.2) is 4.79 Å². The zero-order chi connectivity index (χ0) is 23.2. The first-order valence-corrected chi connectivity index (χ1v) is 10.6. The number of amides is 1. The highest BCUT2D eigenvalue weighted by Crippen LogP contribution is 2.36. The lowest BCUT2D eigenvalue weighted by Crippen LogP contribution is -2.47. The number of methoxy groups -OCH3 is 2. The maximum absolute atomic E-state index is 12.7. The normalized spacial score (nSPS) is 14.5. The van der Waals surface area contributed by atoms with Gasteiger partial charge in [-0.15, -0.1) is 0 Å². The molecule has 0 unspecified atom stereocenters. The predicted octanol–water partition coefficient (Wildman–Crippen LogP) is 5.02. The third kappa shape index (κ3) is 6.40. The summed E-state index contributed by atoms with van der Waals surface area (Å²) in [6, 6.07) is 10.6. The van der Waals surface area contributed by atoms with Crippen molar-refractivity contribution in [3.05, 3.63) is 47.7 Å². The zero-order valence-electron chi connectivity index (χ0n) is 19.7. The highest BCUT2D eigenvalue weighted by Gasteiger charge is 2.39. The molecule has 172 valence electrons.